The molecule has 0 spiro atoms. The van der Waals surface area contributed by atoms with Gasteiger partial charge in [0.15, 0.2) is 0 Å². The zero-order valence-corrected chi connectivity index (χ0v) is 11.1. The van der Waals surface area contributed by atoms with Crippen LogP contribution in [0.5, 0.6) is 5.75 Å². The highest BCUT2D eigenvalue weighted by atomic mass is 19.4. The van der Waals surface area contributed by atoms with Crippen molar-refractivity contribution in [2.75, 3.05) is 0 Å². The van der Waals surface area contributed by atoms with Crippen LogP contribution in [-0.2, 0) is 7.05 Å². The lowest BCUT2D eigenvalue weighted by Crippen LogP contribution is -2.16. The minimum atomic E-state index is -4.67. The summed E-state index contributed by atoms with van der Waals surface area (Å²) in [4.78, 5) is 4.07. The molecule has 0 atom stereocenters. The molecule has 108 valence electrons. The number of halogens is 3. The number of benzene rings is 1. The highest BCUT2D eigenvalue weighted by molar-refractivity contribution is 5.86. The van der Waals surface area contributed by atoms with E-state index in [4.69, 9.17) is 0 Å². The van der Waals surface area contributed by atoms with Crippen molar-refractivity contribution < 1.29 is 17.9 Å². The smallest absolute Gasteiger partial charge is 0.406 e. The summed E-state index contributed by atoms with van der Waals surface area (Å²) in [5.41, 5.74) is 2.67. The maximum Gasteiger partial charge on any atom is 0.573 e. The second kappa shape index (κ2) is 4.80. The lowest BCUT2D eigenvalue weighted by molar-refractivity contribution is -0.274. The van der Waals surface area contributed by atoms with Crippen LogP contribution in [0.2, 0.25) is 0 Å². The quantitative estimate of drug-likeness (QED) is 0.710. The van der Waals surface area contributed by atoms with Crippen molar-refractivity contribution in [3.05, 3.63) is 48.8 Å². The van der Waals surface area contributed by atoms with Gasteiger partial charge in [-0.05, 0) is 42.0 Å². The summed E-state index contributed by atoms with van der Waals surface area (Å²) < 4.78 is 42.2. The molecule has 6 heteroatoms. The number of hydrogen-bond donors (Lipinski definition) is 0. The van der Waals surface area contributed by atoms with Crippen LogP contribution in [-0.4, -0.2) is 15.9 Å². The van der Waals surface area contributed by atoms with Crippen LogP contribution in [0, 0.1) is 0 Å². The molecule has 0 bridgehead atoms. The molecule has 0 saturated carbocycles. The summed E-state index contributed by atoms with van der Waals surface area (Å²) in [6, 6.07) is 9.67. The van der Waals surface area contributed by atoms with E-state index >= 15 is 0 Å². The van der Waals surface area contributed by atoms with Crippen LogP contribution in [0.1, 0.15) is 0 Å². The molecule has 0 N–H and O–H groups in total. The molecule has 1 aromatic carbocycles. The van der Waals surface area contributed by atoms with Gasteiger partial charge in [-0.15, -0.1) is 13.2 Å². The number of hydrogen-bond acceptors (Lipinski definition) is 2. The van der Waals surface area contributed by atoms with Gasteiger partial charge in [0.1, 0.15) is 5.75 Å². The Kier molecular flexibility index (Phi) is 3.08. The number of alkyl halides is 3. The summed E-state index contributed by atoms with van der Waals surface area (Å²) in [5, 5.41) is 1.03. The molecule has 0 fully saturated rings. The maximum atomic E-state index is 12.1. The number of ether oxygens (including phenoxy) is 1. The van der Waals surface area contributed by atoms with Crippen molar-refractivity contribution >= 4 is 10.9 Å². The molecule has 3 rings (SSSR count). The number of rotatable bonds is 2. The van der Waals surface area contributed by atoms with Gasteiger partial charge in [-0.3, -0.25) is 4.98 Å². The Morgan fingerprint density at radius 1 is 1.10 bits per heavy atom. The molecule has 0 unspecified atom stereocenters. The zero-order chi connectivity index (χ0) is 15.0. The average Bonchev–Trinajstić information content (AvgIpc) is 2.76. The van der Waals surface area contributed by atoms with E-state index in [0.717, 1.165) is 22.2 Å². The predicted octanol–water partition coefficient (Wildman–Crippen LogP) is 4.14. The highest BCUT2D eigenvalue weighted by Crippen LogP contribution is 2.29. The van der Waals surface area contributed by atoms with Crippen LogP contribution in [0.25, 0.3) is 22.2 Å². The second-order valence-corrected chi connectivity index (χ2v) is 4.60. The van der Waals surface area contributed by atoms with E-state index in [9.17, 15) is 13.2 Å². The largest absolute Gasteiger partial charge is 0.573 e. The molecule has 2 heterocycles. The Bertz CT molecular complexity index is 776. The first-order valence-corrected chi connectivity index (χ1v) is 6.20. The van der Waals surface area contributed by atoms with Gasteiger partial charge in [-0.2, -0.15) is 0 Å². The molecule has 0 amide bonds. The van der Waals surface area contributed by atoms with Gasteiger partial charge < -0.3 is 9.30 Å². The maximum absolute atomic E-state index is 12.1. The van der Waals surface area contributed by atoms with Gasteiger partial charge in [0.2, 0.25) is 0 Å². The number of aromatic nitrogens is 2. The average molecular weight is 292 g/mol. The van der Waals surface area contributed by atoms with E-state index < -0.39 is 6.36 Å². The van der Waals surface area contributed by atoms with Crippen molar-refractivity contribution in [2.24, 2.45) is 7.05 Å². The first-order valence-electron chi connectivity index (χ1n) is 6.20. The monoisotopic (exact) mass is 292 g/mol. The molecule has 0 aliphatic rings. The van der Waals surface area contributed by atoms with Gasteiger partial charge in [-0.25, -0.2) is 0 Å². The van der Waals surface area contributed by atoms with Crippen LogP contribution in [0.3, 0.4) is 0 Å². The van der Waals surface area contributed by atoms with Gasteiger partial charge in [0, 0.05) is 24.3 Å². The van der Waals surface area contributed by atoms with Gasteiger partial charge in [-0.1, -0.05) is 0 Å². The third kappa shape index (κ3) is 2.69. The summed E-state index contributed by atoms with van der Waals surface area (Å²) in [6.07, 6.45) is -1.22. The number of pyridine rings is 1. The number of fused-ring (bicyclic) bond motifs is 1. The van der Waals surface area contributed by atoms with Gasteiger partial charge in [0.25, 0.3) is 0 Å². The topological polar surface area (TPSA) is 27.1 Å². The van der Waals surface area contributed by atoms with Crippen molar-refractivity contribution in [3.63, 3.8) is 0 Å². The highest BCUT2D eigenvalue weighted by Gasteiger charge is 2.30. The molecule has 0 aliphatic heterocycles. The van der Waals surface area contributed by atoms with Crippen LogP contribution in [0.4, 0.5) is 13.2 Å². The van der Waals surface area contributed by atoms with Gasteiger partial charge in [0.05, 0.1) is 11.7 Å². The molecule has 0 saturated heterocycles. The van der Waals surface area contributed by atoms with Crippen molar-refractivity contribution in [3.8, 4) is 17.0 Å². The van der Waals surface area contributed by atoms with E-state index in [0.29, 0.717) is 0 Å². The molecule has 0 radical (unpaired) electrons. The van der Waals surface area contributed by atoms with Crippen LogP contribution >= 0.6 is 0 Å². The van der Waals surface area contributed by atoms with Crippen molar-refractivity contribution in [1.82, 2.24) is 9.55 Å². The summed E-state index contributed by atoms with van der Waals surface area (Å²) in [5.74, 6) is -0.230. The first-order chi connectivity index (χ1) is 9.94. The van der Waals surface area contributed by atoms with Crippen LogP contribution < -0.4 is 4.74 Å². The number of aryl methyl sites for hydroxylation is 1. The minimum Gasteiger partial charge on any atom is -0.406 e. The van der Waals surface area contributed by atoms with E-state index in [1.165, 1.54) is 12.1 Å². The predicted molar refractivity (Wildman–Crippen MR) is 72.8 cm³/mol. The Balaban J connectivity index is 1.97. The lowest BCUT2D eigenvalue weighted by atomic mass is 10.1. The molecule has 3 nitrogen and oxygen atoms in total. The second-order valence-electron chi connectivity index (χ2n) is 4.60. The lowest BCUT2D eigenvalue weighted by Gasteiger charge is -2.09. The Morgan fingerprint density at radius 2 is 1.81 bits per heavy atom. The molecule has 3 aromatic rings. The summed E-state index contributed by atoms with van der Waals surface area (Å²) in [6.45, 7) is 0. The van der Waals surface area contributed by atoms with Gasteiger partial charge >= 0.3 is 6.36 Å². The fourth-order valence-corrected chi connectivity index (χ4v) is 2.28. The van der Waals surface area contributed by atoms with Crippen LogP contribution in [0.15, 0.2) is 48.8 Å². The van der Waals surface area contributed by atoms with E-state index in [2.05, 4.69) is 9.72 Å². The van der Waals surface area contributed by atoms with Crippen molar-refractivity contribution in [2.45, 2.75) is 6.36 Å². The molecule has 21 heavy (non-hydrogen) atoms. The Labute approximate surface area is 118 Å². The number of nitrogens with zero attached hydrogens (tertiary/aromatic N) is 2. The fourth-order valence-electron chi connectivity index (χ4n) is 2.28. The third-order valence-corrected chi connectivity index (χ3v) is 3.23. The van der Waals surface area contributed by atoms with Crippen molar-refractivity contribution in [1.29, 1.82) is 0 Å². The van der Waals surface area contributed by atoms with E-state index in [1.54, 1.807) is 24.5 Å². The summed E-state index contributed by atoms with van der Waals surface area (Å²) in [7, 11) is 1.89. The normalized spacial score (nSPS) is 11.8. The SMILES string of the molecule is Cn1c(-c2ccc(OC(F)(F)F)cc2)cc2ccncc21. The summed E-state index contributed by atoms with van der Waals surface area (Å²) >= 11 is 0. The molecule has 2 aromatic heterocycles. The molecule has 0 aliphatic carbocycles. The third-order valence-electron chi connectivity index (χ3n) is 3.23. The molecular formula is C15H11F3N2O. The standard InChI is InChI=1S/C15H11F3N2O/c1-20-13(8-11-6-7-19-9-14(11)20)10-2-4-12(5-3-10)21-15(16,17)18/h2-9H,1H3. The van der Waals surface area contributed by atoms with E-state index in [-0.39, 0.29) is 5.75 Å². The first kappa shape index (κ1) is 13.5. The van der Waals surface area contributed by atoms with E-state index in [1.807, 2.05) is 23.7 Å². The minimum absolute atomic E-state index is 0.230. The Hall–Kier alpha value is -2.50. The Morgan fingerprint density at radius 3 is 2.43 bits per heavy atom. The molecular weight excluding hydrogens is 281 g/mol. The zero-order valence-electron chi connectivity index (χ0n) is 11.1. The fraction of sp³-hybridized carbons (Fsp3) is 0.133.